The third kappa shape index (κ3) is 2.10. The number of fused-ring (bicyclic) bond motifs is 3. The van der Waals surface area contributed by atoms with Gasteiger partial charge in [0.05, 0.1) is 5.52 Å². The van der Waals surface area contributed by atoms with Gasteiger partial charge in [0.25, 0.3) is 0 Å². The van der Waals surface area contributed by atoms with E-state index in [2.05, 4.69) is 14.8 Å². The van der Waals surface area contributed by atoms with Crippen molar-refractivity contribution in [1.29, 1.82) is 0 Å². The van der Waals surface area contributed by atoms with Crippen LogP contribution in [-0.4, -0.2) is 30.4 Å². The van der Waals surface area contributed by atoms with Gasteiger partial charge in [0.1, 0.15) is 0 Å². The topological polar surface area (TPSA) is 98.7 Å². The fourth-order valence-electron chi connectivity index (χ4n) is 2.28. The molecule has 8 nitrogen and oxygen atoms in total. The van der Waals surface area contributed by atoms with Gasteiger partial charge in [-0.2, -0.15) is 9.50 Å². The van der Waals surface area contributed by atoms with Crippen LogP contribution < -0.4 is 10.4 Å². The number of ether oxygens (including phenoxy) is 1. The molecule has 0 atom stereocenters. The summed E-state index contributed by atoms with van der Waals surface area (Å²) in [6.45, 7) is 2.50. The lowest BCUT2D eigenvalue weighted by Gasteiger charge is -2.09. The molecule has 21 heavy (non-hydrogen) atoms. The zero-order valence-electron chi connectivity index (χ0n) is 11.2. The first-order chi connectivity index (χ1) is 10.1. The van der Waals surface area contributed by atoms with Crippen LogP contribution in [0.4, 0.5) is 4.79 Å². The van der Waals surface area contributed by atoms with E-state index in [1.165, 1.54) is 0 Å². The number of aromatic nitrogens is 4. The highest BCUT2D eigenvalue weighted by molar-refractivity contribution is 5.91. The number of aryl methyl sites for hydroxylation is 1. The van der Waals surface area contributed by atoms with Gasteiger partial charge in [0.2, 0.25) is 0 Å². The van der Waals surface area contributed by atoms with Crippen LogP contribution in [0.25, 0.3) is 16.6 Å². The van der Waals surface area contributed by atoms with Gasteiger partial charge in [-0.1, -0.05) is 19.1 Å². The molecule has 2 aromatic heterocycles. The molecule has 0 saturated heterocycles. The number of rotatable bonds is 3. The van der Waals surface area contributed by atoms with Crippen molar-refractivity contribution >= 4 is 22.7 Å². The standard InChI is InChI=1S/C13H12N4O4/c1-2-7-16-9-6-4-3-5-8(9)10-14-11(21-13(19)20)15-17(10)12(16)18/h3-6H,2,7H2,1H3,(H,19,20). The van der Waals surface area contributed by atoms with Gasteiger partial charge in [-0.25, -0.2) is 9.59 Å². The normalized spacial score (nSPS) is 11.1. The highest BCUT2D eigenvalue weighted by Crippen LogP contribution is 2.18. The number of nitrogens with zero attached hydrogens (tertiary/aromatic N) is 4. The molecule has 0 bridgehead atoms. The average molecular weight is 288 g/mol. The molecule has 0 aliphatic rings. The third-order valence-electron chi connectivity index (χ3n) is 3.06. The van der Waals surface area contributed by atoms with Crippen LogP contribution in [0.5, 0.6) is 6.01 Å². The van der Waals surface area contributed by atoms with Crippen LogP contribution in [-0.2, 0) is 6.54 Å². The first kappa shape index (κ1) is 13.1. The predicted molar refractivity (Wildman–Crippen MR) is 73.7 cm³/mol. The molecule has 1 aromatic carbocycles. The molecule has 8 heteroatoms. The number of carboxylic acid groups (broad SMARTS) is 1. The van der Waals surface area contributed by atoms with Gasteiger partial charge in [-0.15, -0.1) is 5.10 Å². The van der Waals surface area contributed by atoms with E-state index in [1.807, 2.05) is 25.1 Å². The lowest BCUT2D eigenvalue weighted by atomic mass is 10.2. The van der Waals surface area contributed by atoms with E-state index >= 15 is 0 Å². The summed E-state index contributed by atoms with van der Waals surface area (Å²) in [5.74, 6) is 0. The van der Waals surface area contributed by atoms with E-state index in [1.54, 1.807) is 10.6 Å². The fraction of sp³-hybridized carbons (Fsp3) is 0.231. The second kappa shape index (κ2) is 4.89. The van der Waals surface area contributed by atoms with E-state index < -0.39 is 6.16 Å². The summed E-state index contributed by atoms with van der Waals surface area (Å²) >= 11 is 0. The summed E-state index contributed by atoms with van der Waals surface area (Å²) in [6, 6.07) is 6.90. The SMILES string of the molecule is CCCn1c(=O)n2nc(OC(=O)O)nc2c2ccccc21. The summed E-state index contributed by atoms with van der Waals surface area (Å²) in [5.41, 5.74) is 0.628. The molecular weight excluding hydrogens is 276 g/mol. The van der Waals surface area contributed by atoms with Crippen LogP contribution in [0.15, 0.2) is 29.1 Å². The summed E-state index contributed by atoms with van der Waals surface area (Å²) in [6.07, 6.45) is -0.744. The van der Waals surface area contributed by atoms with Crippen LogP contribution in [0.3, 0.4) is 0 Å². The van der Waals surface area contributed by atoms with E-state index in [0.29, 0.717) is 11.9 Å². The summed E-state index contributed by atoms with van der Waals surface area (Å²) in [4.78, 5) is 27.0. The Labute approximate surface area is 118 Å². The third-order valence-corrected chi connectivity index (χ3v) is 3.06. The largest absolute Gasteiger partial charge is 0.513 e. The summed E-state index contributed by atoms with van der Waals surface area (Å²) in [7, 11) is 0. The number of hydrogen-bond acceptors (Lipinski definition) is 5. The van der Waals surface area contributed by atoms with Crippen molar-refractivity contribution in [3.8, 4) is 6.01 Å². The van der Waals surface area contributed by atoms with E-state index in [4.69, 9.17) is 5.11 Å². The Hall–Kier alpha value is -2.90. The zero-order valence-corrected chi connectivity index (χ0v) is 11.2. The lowest BCUT2D eigenvalue weighted by molar-refractivity contribution is 0.140. The maximum absolute atomic E-state index is 12.5. The number of benzene rings is 1. The zero-order chi connectivity index (χ0) is 15.0. The molecule has 0 spiro atoms. The second-order valence-corrected chi connectivity index (χ2v) is 4.45. The minimum atomic E-state index is -1.52. The fourth-order valence-corrected chi connectivity index (χ4v) is 2.28. The Morgan fingerprint density at radius 2 is 2.14 bits per heavy atom. The molecule has 3 aromatic rings. The minimum Gasteiger partial charge on any atom is -0.449 e. The molecular formula is C13H12N4O4. The quantitative estimate of drug-likeness (QED) is 0.733. The van der Waals surface area contributed by atoms with Crippen LogP contribution >= 0.6 is 0 Å². The molecule has 0 amide bonds. The van der Waals surface area contributed by atoms with Gasteiger partial charge >= 0.3 is 17.9 Å². The van der Waals surface area contributed by atoms with E-state index in [0.717, 1.165) is 16.5 Å². The second-order valence-electron chi connectivity index (χ2n) is 4.45. The van der Waals surface area contributed by atoms with Crippen LogP contribution in [0.2, 0.25) is 0 Å². The Morgan fingerprint density at radius 1 is 1.38 bits per heavy atom. The van der Waals surface area contributed by atoms with Gasteiger partial charge in [-0.05, 0) is 18.6 Å². The molecule has 3 rings (SSSR count). The van der Waals surface area contributed by atoms with E-state index in [-0.39, 0.29) is 17.3 Å². The highest BCUT2D eigenvalue weighted by Gasteiger charge is 2.16. The van der Waals surface area contributed by atoms with Crippen LogP contribution in [0, 0.1) is 0 Å². The van der Waals surface area contributed by atoms with Crippen molar-refractivity contribution in [2.45, 2.75) is 19.9 Å². The van der Waals surface area contributed by atoms with Gasteiger partial charge in [-0.3, -0.25) is 4.57 Å². The molecule has 108 valence electrons. The molecule has 0 unspecified atom stereocenters. The molecule has 1 N–H and O–H groups in total. The van der Waals surface area contributed by atoms with Crippen LogP contribution in [0.1, 0.15) is 13.3 Å². The Kier molecular flexibility index (Phi) is 3.05. The predicted octanol–water partition coefficient (Wildman–Crippen LogP) is 1.51. The first-order valence-corrected chi connectivity index (χ1v) is 6.41. The van der Waals surface area contributed by atoms with Gasteiger partial charge < -0.3 is 9.84 Å². The lowest BCUT2D eigenvalue weighted by Crippen LogP contribution is -2.27. The highest BCUT2D eigenvalue weighted by atomic mass is 16.7. The maximum atomic E-state index is 12.5. The van der Waals surface area contributed by atoms with Crippen molar-refractivity contribution in [3.05, 3.63) is 34.7 Å². The Morgan fingerprint density at radius 3 is 2.86 bits per heavy atom. The minimum absolute atomic E-state index is 0.277. The van der Waals surface area contributed by atoms with Crippen molar-refractivity contribution in [2.24, 2.45) is 0 Å². The molecule has 0 fully saturated rings. The number of para-hydroxylation sites is 1. The maximum Gasteiger partial charge on any atom is 0.513 e. The average Bonchev–Trinajstić information content (AvgIpc) is 2.87. The molecule has 0 radical (unpaired) electrons. The molecule has 0 aliphatic carbocycles. The van der Waals surface area contributed by atoms with Crippen molar-refractivity contribution in [3.63, 3.8) is 0 Å². The van der Waals surface area contributed by atoms with E-state index in [9.17, 15) is 9.59 Å². The summed E-state index contributed by atoms with van der Waals surface area (Å²) in [5, 5.41) is 13.1. The summed E-state index contributed by atoms with van der Waals surface area (Å²) < 4.78 is 7.08. The monoisotopic (exact) mass is 288 g/mol. The smallest absolute Gasteiger partial charge is 0.449 e. The van der Waals surface area contributed by atoms with Gasteiger partial charge in [0, 0.05) is 11.9 Å². The van der Waals surface area contributed by atoms with Gasteiger partial charge in [0.15, 0.2) is 5.65 Å². The number of hydrogen-bond donors (Lipinski definition) is 1. The molecule has 0 aliphatic heterocycles. The van der Waals surface area contributed by atoms with Crippen molar-refractivity contribution in [2.75, 3.05) is 0 Å². The number of carbonyl (C=O) groups is 1. The van der Waals surface area contributed by atoms with Crippen molar-refractivity contribution in [1.82, 2.24) is 19.2 Å². The Bertz CT molecular complexity index is 896. The van der Waals surface area contributed by atoms with Crippen molar-refractivity contribution < 1.29 is 14.6 Å². The molecule has 2 heterocycles. The molecule has 0 saturated carbocycles. The Balaban J connectivity index is 2.38. The first-order valence-electron chi connectivity index (χ1n) is 6.41.